The van der Waals surface area contributed by atoms with Gasteiger partial charge in [-0.1, -0.05) is 12.8 Å². The van der Waals surface area contributed by atoms with Gasteiger partial charge in [-0.3, -0.25) is 14.9 Å². The van der Waals surface area contributed by atoms with E-state index in [1.54, 1.807) is 0 Å². The number of carbonyl (C=O) groups is 1. The Morgan fingerprint density at radius 1 is 1.55 bits per heavy atom. The minimum Gasteiger partial charge on any atom is -0.481 e. The zero-order chi connectivity index (χ0) is 14.8. The van der Waals surface area contributed by atoms with Gasteiger partial charge in [0, 0.05) is 11.6 Å². The standard InChI is InChI=1S/C12H14BrN3O4/c13-9-5-8(16(19)20)7-14-11(9)15-12(6-10(17)18)3-1-2-4-12/h5,7H,1-4,6H2,(H,14,15)(H,17,18). The highest BCUT2D eigenvalue weighted by atomic mass is 79.9. The van der Waals surface area contributed by atoms with Crippen LogP contribution in [-0.4, -0.2) is 26.5 Å². The van der Waals surface area contributed by atoms with Crippen molar-refractivity contribution in [3.8, 4) is 0 Å². The molecule has 1 aliphatic carbocycles. The number of rotatable bonds is 5. The topological polar surface area (TPSA) is 105 Å². The van der Waals surface area contributed by atoms with Crippen molar-refractivity contribution in [2.24, 2.45) is 0 Å². The maximum Gasteiger partial charge on any atom is 0.305 e. The molecule has 0 amide bonds. The highest BCUT2D eigenvalue weighted by Crippen LogP contribution is 2.37. The Morgan fingerprint density at radius 2 is 2.20 bits per heavy atom. The van der Waals surface area contributed by atoms with Crippen LogP contribution in [0.5, 0.6) is 0 Å². The Bertz CT molecular complexity index is 544. The molecule has 20 heavy (non-hydrogen) atoms. The van der Waals surface area contributed by atoms with Crippen molar-refractivity contribution >= 4 is 33.4 Å². The molecule has 1 heterocycles. The van der Waals surface area contributed by atoms with Gasteiger partial charge in [-0.05, 0) is 28.8 Å². The normalized spacial score (nSPS) is 16.9. The van der Waals surface area contributed by atoms with Crippen molar-refractivity contribution < 1.29 is 14.8 Å². The predicted molar refractivity (Wildman–Crippen MR) is 75.7 cm³/mol. The predicted octanol–water partition coefficient (Wildman–Crippen LogP) is 2.95. The Balaban J connectivity index is 2.23. The van der Waals surface area contributed by atoms with Gasteiger partial charge in [-0.2, -0.15) is 0 Å². The Labute approximate surface area is 123 Å². The summed E-state index contributed by atoms with van der Waals surface area (Å²) in [6, 6.07) is 1.36. The van der Waals surface area contributed by atoms with Gasteiger partial charge in [0.2, 0.25) is 0 Å². The van der Waals surface area contributed by atoms with Crippen molar-refractivity contribution in [3.05, 3.63) is 26.9 Å². The average molecular weight is 344 g/mol. The molecule has 1 aliphatic rings. The number of carboxylic acid groups (broad SMARTS) is 1. The molecule has 2 rings (SSSR count). The van der Waals surface area contributed by atoms with Crippen molar-refractivity contribution in [3.63, 3.8) is 0 Å². The van der Waals surface area contributed by atoms with Gasteiger partial charge < -0.3 is 10.4 Å². The molecule has 0 aliphatic heterocycles. The lowest BCUT2D eigenvalue weighted by atomic mass is 9.93. The lowest BCUT2D eigenvalue weighted by molar-refractivity contribution is -0.385. The van der Waals surface area contributed by atoms with Crippen LogP contribution in [0.25, 0.3) is 0 Å². The van der Waals surface area contributed by atoms with Crippen LogP contribution in [0, 0.1) is 10.1 Å². The quantitative estimate of drug-likeness (QED) is 0.628. The van der Waals surface area contributed by atoms with Gasteiger partial charge in [0.1, 0.15) is 12.0 Å². The molecule has 0 atom stereocenters. The highest BCUT2D eigenvalue weighted by molar-refractivity contribution is 9.10. The first kappa shape index (κ1) is 14.7. The number of nitro groups is 1. The summed E-state index contributed by atoms with van der Waals surface area (Å²) in [6.07, 6.45) is 4.61. The molecular weight excluding hydrogens is 330 g/mol. The molecule has 0 bridgehead atoms. The van der Waals surface area contributed by atoms with Gasteiger partial charge in [0.25, 0.3) is 5.69 Å². The number of hydrogen-bond acceptors (Lipinski definition) is 5. The van der Waals surface area contributed by atoms with Gasteiger partial charge in [0.15, 0.2) is 0 Å². The summed E-state index contributed by atoms with van der Waals surface area (Å²) >= 11 is 3.24. The molecule has 0 aromatic carbocycles. The van der Waals surface area contributed by atoms with E-state index in [0.717, 1.165) is 31.9 Å². The molecule has 108 valence electrons. The number of aliphatic carboxylic acids is 1. The zero-order valence-corrected chi connectivity index (χ0v) is 12.2. The molecule has 0 spiro atoms. The minimum atomic E-state index is -0.863. The van der Waals surface area contributed by atoms with Crippen LogP contribution in [0.15, 0.2) is 16.7 Å². The molecule has 0 radical (unpaired) electrons. The molecule has 0 saturated heterocycles. The van der Waals surface area contributed by atoms with Crippen LogP contribution in [-0.2, 0) is 4.79 Å². The van der Waals surface area contributed by atoms with Gasteiger partial charge in [-0.25, -0.2) is 4.98 Å². The van der Waals surface area contributed by atoms with Crippen LogP contribution in [0.3, 0.4) is 0 Å². The number of hydrogen-bond donors (Lipinski definition) is 2. The lowest BCUT2D eigenvalue weighted by Gasteiger charge is -2.29. The summed E-state index contributed by atoms with van der Waals surface area (Å²) in [5.74, 6) is -0.420. The highest BCUT2D eigenvalue weighted by Gasteiger charge is 2.36. The summed E-state index contributed by atoms with van der Waals surface area (Å²) in [7, 11) is 0. The molecule has 1 saturated carbocycles. The number of nitrogens with one attached hydrogen (secondary N) is 1. The van der Waals surface area contributed by atoms with Crippen LogP contribution in [0.1, 0.15) is 32.1 Å². The van der Waals surface area contributed by atoms with Crippen molar-refractivity contribution in [1.29, 1.82) is 0 Å². The van der Waals surface area contributed by atoms with Crippen molar-refractivity contribution in [2.75, 3.05) is 5.32 Å². The molecule has 1 fully saturated rings. The number of anilines is 1. The number of aromatic nitrogens is 1. The number of halogens is 1. The fourth-order valence-electron chi connectivity index (χ4n) is 2.56. The number of nitrogens with zero attached hydrogens (tertiary/aromatic N) is 2. The lowest BCUT2D eigenvalue weighted by Crippen LogP contribution is -2.38. The van der Waals surface area contributed by atoms with E-state index in [0.29, 0.717) is 10.3 Å². The summed E-state index contributed by atoms with van der Waals surface area (Å²) in [6.45, 7) is 0. The second-order valence-corrected chi connectivity index (χ2v) is 5.82. The molecular formula is C12H14BrN3O4. The average Bonchev–Trinajstić information content (AvgIpc) is 2.79. The van der Waals surface area contributed by atoms with E-state index < -0.39 is 16.4 Å². The fraction of sp³-hybridized carbons (Fsp3) is 0.500. The van der Waals surface area contributed by atoms with E-state index in [1.165, 1.54) is 6.07 Å². The molecule has 7 nitrogen and oxygen atoms in total. The van der Waals surface area contributed by atoms with Crippen molar-refractivity contribution in [2.45, 2.75) is 37.6 Å². The van der Waals surface area contributed by atoms with Crippen LogP contribution in [0.4, 0.5) is 11.5 Å². The number of pyridine rings is 1. The second kappa shape index (κ2) is 5.74. The SMILES string of the molecule is O=C(O)CC1(Nc2ncc([N+](=O)[O-])cc2Br)CCCC1. The van der Waals surface area contributed by atoms with E-state index in [4.69, 9.17) is 5.11 Å². The summed E-state index contributed by atoms with van der Waals surface area (Å²) in [5, 5.41) is 22.9. The smallest absolute Gasteiger partial charge is 0.305 e. The van der Waals surface area contributed by atoms with Crippen molar-refractivity contribution in [1.82, 2.24) is 4.98 Å². The summed E-state index contributed by atoms with van der Waals surface area (Å²) in [5.41, 5.74) is -0.626. The largest absolute Gasteiger partial charge is 0.481 e. The van der Waals surface area contributed by atoms with Crippen LogP contribution >= 0.6 is 15.9 Å². The first-order valence-corrected chi connectivity index (χ1v) is 7.01. The van der Waals surface area contributed by atoms with Gasteiger partial charge >= 0.3 is 5.97 Å². The first-order valence-electron chi connectivity index (χ1n) is 6.22. The Kier molecular flexibility index (Phi) is 4.22. The summed E-state index contributed by atoms with van der Waals surface area (Å²) < 4.78 is 0.461. The van der Waals surface area contributed by atoms with E-state index in [2.05, 4.69) is 26.2 Å². The molecule has 2 N–H and O–H groups in total. The first-order chi connectivity index (χ1) is 9.42. The van der Waals surface area contributed by atoms with Gasteiger partial charge in [0.05, 0.1) is 15.8 Å². The maximum absolute atomic E-state index is 11.0. The van der Waals surface area contributed by atoms with Crippen LogP contribution < -0.4 is 5.32 Å². The molecule has 1 aromatic heterocycles. The van der Waals surface area contributed by atoms with E-state index in [1.807, 2.05) is 0 Å². The second-order valence-electron chi connectivity index (χ2n) is 4.96. The van der Waals surface area contributed by atoms with Gasteiger partial charge in [-0.15, -0.1) is 0 Å². The van der Waals surface area contributed by atoms with E-state index in [-0.39, 0.29) is 12.1 Å². The van der Waals surface area contributed by atoms with E-state index in [9.17, 15) is 14.9 Å². The molecule has 8 heteroatoms. The zero-order valence-electron chi connectivity index (χ0n) is 10.6. The Morgan fingerprint density at radius 3 is 2.70 bits per heavy atom. The summed E-state index contributed by atoms with van der Waals surface area (Å²) in [4.78, 5) is 25.2. The fourth-order valence-corrected chi connectivity index (χ4v) is 2.99. The third kappa shape index (κ3) is 3.24. The molecule has 1 aromatic rings. The Hall–Kier alpha value is -1.70. The van der Waals surface area contributed by atoms with E-state index >= 15 is 0 Å². The van der Waals surface area contributed by atoms with Crippen LogP contribution in [0.2, 0.25) is 0 Å². The number of carboxylic acids is 1. The third-order valence-electron chi connectivity index (χ3n) is 3.47. The maximum atomic E-state index is 11.0. The minimum absolute atomic E-state index is 0.0120. The monoisotopic (exact) mass is 343 g/mol. The molecule has 0 unspecified atom stereocenters. The third-order valence-corrected chi connectivity index (χ3v) is 4.08.